The maximum Gasteiger partial charge on any atom is 0.237 e. The Labute approximate surface area is 167 Å². The van der Waals surface area contributed by atoms with E-state index in [1.165, 1.54) is 9.87 Å². The van der Waals surface area contributed by atoms with Crippen LogP contribution in [0.3, 0.4) is 0 Å². The minimum atomic E-state index is -3.42. The van der Waals surface area contributed by atoms with Crippen LogP contribution in [0.15, 0.2) is 53.5 Å². The summed E-state index contributed by atoms with van der Waals surface area (Å²) in [6.07, 6.45) is 1.83. The molecular formula is C21H28N4O2S. The first-order chi connectivity index (χ1) is 13.4. The summed E-state index contributed by atoms with van der Waals surface area (Å²) < 4.78 is 26.8. The van der Waals surface area contributed by atoms with Crippen LogP contribution in [0.2, 0.25) is 0 Å². The molecule has 2 aromatic carbocycles. The van der Waals surface area contributed by atoms with Gasteiger partial charge in [-0.05, 0) is 48.1 Å². The van der Waals surface area contributed by atoms with Crippen LogP contribution in [0.25, 0.3) is 0 Å². The lowest BCUT2D eigenvalue weighted by atomic mass is 9.99. The van der Waals surface area contributed by atoms with Gasteiger partial charge >= 0.3 is 0 Å². The highest BCUT2D eigenvalue weighted by Gasteiger charge is 2.28. The van der Waals surface area contributed by atoms with Crippen molar-refractivity contribution in [1.29, 1.82) is 0 Å². The fourth-order valence-electron chi connectivity index (χ4n) is 3.31. The second kappa shape index (κ2) is 8.65. The predicted molar refractivity (Wildman–Crippen MR) is 117 cm³/mol. The zero-order chi connectivity index (χ0) is 20.1. The Balaban J connectivity index is 1.57. The molecule has 3 rings (SSSR count). The molecule has 0 bridgehead atoms. The zero-order valence-electron chi connectivity index (χ0n) is 16.4. The molecule has 150 valence electrons. The highest BCUT2D eigenvalue weighted by atomic mass is 32.2. The van der Waals surface area contributed by atoms with Gasteiger partial charge in [-0.3, -0.25) is 9.30 Å². The molecule has 0 saturated carbocycles. The van der Waals surface area contributed by atoms with Gasteiger partial charge in [0.15, 0.2) is 5.96 Å². The van der Waals surface area contributed by atoms with Crippen molar-refractivity contribution in [2.75, 3.05) is 28.5 Å². The fraction of sp³-hybridized carbons (Fsp3) is 0.381. The van der Waals surface area contributed by atoms with E-state index >= 15 is 0 Å². The van der Waals surface area contributed by atoms with Gasteiger partial charge in [0.2, 0.25) is 10.0 Å². The van der Waals surface area contributed by atoms with Crippen LogP contribution in [0.5, 0.6) is 0 Å². The lowest BCUT2D eigenvalue weighted by Crippen LogP contribution is -2.33. The average Bonchev–Trinajstić information content (AvgIpc) is 3.13. The molecule has 6 nitrogen and oxygen atoms in total. The molecular weight excluding hydrogens is 372 g/mol. The summed E-state index contributed by atoms with van der Waals surface area (Å²) in [6.45, 7) is 4.96. The molecule has 28 heavy (non-hydrogen) atoms. The van der Waals surface area contributed by atoms with Crippen LogP contribution in [0, 0.1) is 0 Å². The summed E-state index contributed by atoms with van der Waals surface area (Å²) in [5.41, 5.74) is 9.88. The number of benzene rings is 2. The number of nitrogens with one attached hydrogen (secondary N) is 1. The lowest BCUT2D eigenvalue weighted by molar-refractivity contribution is 0.592. The molecule has 0 radical (unpaired) electrons. The topological polar surface area (TPSA) is 87.8 Å². The molecule has 2 aromatic rings. The molecule has 7 heteroatoms. The number of hydrogen-bond acceptors (Lipinski definition) is 3. The van der Waals surface area contributed by atoms with Crippen LogP contribution in [-0.4, -0.2) is 33.2 Å². The Kier molecular flexibility index (Phi) is 6.24. The Bertz CT molecular complexity index is 939. The maximum atomic E-state index is 12.7. The molecule has 3 N–H and O–H groups in total. The number of guanidine groups is 1. The summed E-state index contributed by atoms with van der Waals surface area (Å²) in [5.74, 6) is 0.658. The Morgan fingerprint density at radius 1 is 1.21 bits per heavy atom. The molecule has 1 aliphatic rings. The van der Waals surface area contributed by atoms with Gasteiger partial charge in [0, 0.05) is 12.2 Å². The first kappa shape index (κ1) is 20.2. The Morgan fingerprint density at radius 3 is 2.64 bits per heavy atom. The van der Waals surface area contributed by atoms with Crippen LogP contribution in [-0.2, 0) is 16.4 Å². The van der Waals surface area contributed by atoms with Crippen molar-refractivity contribution in [3.63, 3.8) is 0 Å². The van der Waals surface area contributed by atoms with Crippen molar-refractivity contribution in [3.05, 3.63) is 59.7 Å². The number of aliphatic imine (C=N–C) groups is 1. The van der Waals surface area contributed by atoms with E-state index in [1.54, 1.807) is 0 Å². The van der Waals surface area contributed by atoms with E-state index in [1.807, 2.05) is 36.4 Å². The minimum absolute atomic E-state index is 0.0728. The second-order valence-corrected chi connectivity index (χ2v) is 9.10. The second-order valence-electron chi connectivity index (χ2n) is 7.09. The van der Waals surface area contributed by atoms with E-state index in [9.17, 15) is 8.42 Å². The Morgan fingerprint density at radius 2 is 1.93 bits per heavy atom. The molecule has 1 aliphatic heterocycles. The molecule has 0 amide bonds. The monoisotopic (exact) mass is 400 g/mol. The van der Waals surface area contributed by atoms with Crippen molar-refractivity contribution in [3.8, 4) is 0 Å². The van der Waals surface area contributed by atoms with Crippen LogP contribution in [0.4, 0.5) is 11.4 Å². The van der Waals surface area contributed by atoms with Crippen LogP contribution < -0.4 is 15.4 Å². The molecule has 0 saturated heterocycles. The predicted octanol–water partition coefficient (Wildman–Crippen LogP) is 3.32. The van der Waals surface area contributed by atoms with Crippen LogP contribution >= 0.6 is 0 Å². The third-order valence-electron chi connectivity index (χ3n) is 5.18. The SMILES string of the molecule is CCC(C)c1ccc(NC(N)=NCCS(=O)(=O)N2CCc3ccccc32)cc1. The van der Waals surface area contributed by atoms with Crippen molar-refractivity contribution in [1.82, 2.24) is 0 Å². The fourth-order valence-corrected chi connectivity index (χ4v) is 4.70. The summed E-state index contributed by atoms with van der Waals surface area (Å²) in [4.78, 5) is 4.18. The van der Waals surface area contributed by atoms with Gasteiger partial charge in [0.1, 0.15) is 0 Å². The highest BCUT2D eigenvalue weighted by Crippen LogP contribution is 2.29. The normalized spacial score (nSPS) is 15.4. The minimum Gasteiger partial charge on any atom is -0.370 e. The highest BCUT2D eigenvalue weighted by molar-refractivity contribution is 7.92. The van der Waals surface area contributed by atoms with E-state index in [4.69, 9.17) is 5.73 Å². The molecule has 0 aromatic heterocycles. The summed E-state index contributed by atoms with van der Waals surface area (Å²) in [5, 5.41) is 3.02. The van der Waals surface area contributed by atoms with Crippen molar-refractivity contribution in [2.45, 2.75) is 32.6 Å². The van der Waals surface area contributed by atoms with Gasteiger partial charge in [-0.25, -0.2) is 8.42 Å². The van der Waals surface area contributed by atoms with Gasteiger partial charge in [-0.15, -0.1) is 0 Å². The third-order valence-corrected chi connectivity index (χ3v) is 6.93. The molecule has 0 aliphatic carbocycles. The number of anilines is 2. The molecule has 1 atom stereocenters. The van der Waals surface area contributed by atoms with E-state index in [2.05, 4.69) is 36.3 Å². The van der Waals surface area contributed by atoms with Gasteiger partial charge in [0.05, 0.1) is 18.0 Å². The van der Waals surface area contributed by atoms with E-state index in [0.29, 0.717) is 12.5 Å². The number of hydrogen-bond donors (Lipinski definition) is 2. The number of nitrogens with zero attached hydrogens (tertiary/aromatic N) is 2. The molecule has 0 fully saturated rings. The average molecular weight is 401 g/mol. The quantitative estimate of drug-likeness (QED) is 0.551. The number of rotatable bonds is 7. The summed E-state index contributed by atoms with van der Waals surface area (Å²) in [7, 11) is -3.42. The smallest absolute Gasteiger partial charge is 0.237 e. The number of nitrogens with two attached hydrogens (primary N) is 1. The molecule has 0 spiro atoms. The van der Waals surface area contributed by atoms with E-state index < -0.39 is 10.0 Å². The number of fused-ring (bicyclic) bond motifs is 1. The summed E-state index contributed by atoms with van der Waals surface area (Å²) in [6, 6.07) is 15.7. The third kappa shape index (κ3) is 4.65. The van der Waals surface area contributed by atoms with E-state index in [0.717, 1.165) is 29.8 Å². The van der Waals surface area contributed by atoms with Gasteiger partial charge in [-0.1, -0.05) is 44.2 Å². The zero-order valence-corrected chi connectivity index (χ0v) is 17.2. The molecule has 1 unspecified atom stereocenters. The van der Waals surface area contributed by atoms with Gasteiger partial charge < -0.3 is 11.1 Å². The standard InChI is InChI=1S/C21H28N4O2S/c1-3-16(2)17-8-10-19(11-9-17)24-21(22)23-13-15-28(26,27)25-14-12-18-6-4-5-7-20(18)25/h4-11,16H,3,12-15H2,1-2H3,(H3,22,23,24). The van der Waals surface area contributed by atoms with Gasteiger partial charge in [-0.2, -0.15) is 0 Å². The van der Waals surface area contributed by atoms with Crippen molar-refractivity contribution >= 4 is 27.4 Å². The molecule has 1 heterocycles. The van der Waals surface area contributed by atoms with E-state index in [-0.39, 0.29) is 18.3 Å². The first-order valence-corrected chi connectivity index (χ1v) is 11.3. The van der Waals surface area contributed by atoms with Crippen molar-refractivity contribution in [2.24, 2.45) is 10.7 Å². The Hall–Kier alpha value is -2.54. The first-order valence-electron chi connectivity index (χ1n) is 9.66. The largest absolute Gasteiger partial charge is 0.370 e. The van der Waals surface area contributed by atoms with Crippen molar-refractivity contribution < 1.29 is 8.42 Å². The van der Waals surface area contributed by atoms with Crippen LogP contribution in [0.1, 0.15) is 37.3 Å². The van der Waals surface area contributed by atoms with Gasteiger partial charge in [0.25, 0.3) is 0 Å². The maximum absolute atomic E-state index is 12.7. The number of para-hydroxylation sites is 1. The lowest BCUT2D eigenvalue weighted by Gasteiger charge is -2.19. The number of sulfonamides is 1. The summed E-state index contributed by atoms with van der Waals surface area (Å²) >= 11 is 0.